The van der Waals surface area contributed by atoms with Crippen molar-refractivity contribution in [2.45, 2.75) is 25.9 Å². The number of H-pyrrole nitrogens is 1. The van der Waals surface area contributed by atoms with E-state index >= 15 is 0 Å². The summed E-state index contributed by atoms with van der Waals surface area (Å²) in [6.07, 6.45) is 0. The van der Waals surface area contributed by atoms with Crippen LogP contribution in [0, 0.1) is 5.82 Å². The highest BCUT2D eigenvalue weighted by Gasteiger charge is 2.26. The molecule has 1 aliphatic heterocycles. The third-order valence-electron chi connectivity index (χ3n) is 3.88. The van der Waals surface area contributed by atoms with Gasteiger partial charge in [-0.1, -0.05) is 0 Å². The Labute approximate surface area is 127 Å². The van der Waals surface area contributed by atoms with Crippen LogP contribution in [0.4, 0.5) is 4.39 Å². The van der Waals surface area contributed by atoms with Crippen molar-refractivity contribution in [3.05, 3.63) is 46.0 Å². The fraction of sp³-hybridized carbons (Fsp3) is 0.375. The van der Waals surface area contributed by atoms with Crippen LogP contribution in [0.15, 0.2) is 29.1 Å². The van der Waals surface area contributed by atoms with Gasteiger partial charge >= 0.3 is 0 Å². The second-order valence-electron chi connectivity index (χ2n) is 5.92. The molecule has 2 heterocycles. The van der Waals surface area contributed by atoms with E-state index in [0.717, 1.165) is 0 Å². The second-order valence-corrected chi connectivity index (χ2v) is 5.92. The summed E-state index contributed by atoms with van der Waals surface area (Å²) in [5, 5.41) is 3.92. The zero-order chi connectivity index (χ0) is 15.9. The molecule has 2 N–H and O–H groups in total. The molecule has 0 unspecified atom stereocenters. The Kier molecular flexibility index (Phi) is 3.70. The van der Waals surface area contributed by atoms with Crippen molar-refractivity contribution in [3.63, 3.8) is 0 Å². The van der Waals surface area contributed by atoms with Crippen molar-refractivity contribution in [3.8, 4) is 0 Å². The van der Waals surface area contributed by atoms with Gasteiger partial charge in [-0.25, -0.2) is 4.39 Å². The summed E-state index contributed by atoms with van der Waals surface area (Å²) in [6.45, 7) is 5.19. The van der Waals surface area contributed by atoms with Gasteiger partial charge in [0.2, 0.25) is 5.56 Å². The number of nitrogens with one attached hydrogen (secondary N) is 2. The Hall–Kier alpha value is -2.21. The zero-order valence-corrected chi connectivity index (χ0v) is 12.5. The van der Waals surface area contributed by atoms with Crippen LogP contribution in [-0.4, -0.2) is 41.0 Å². The van der Waals surface area contributed by atoms with E-state index in [1.165, 1.54) is 24.3 Å². The number of fused-ring (bicyclic) bond motifs is 1. The number of rotatable bonds is 1. The van der Waals surface area contributed by atoms with Gasteiger partial charge in [0, 0.05) is 36.6 Å². The van der Waals surface area contributed by atoms with Gasteiger partial charge in [0.1, 0.15) is 5.82 Å². The smallest absolute Gasteiger partial charge is 0.254 e. The van der Waals surface area contributed by atoms with Crippen LogP contribution in [0.1, 0.15) is 24.2 Å². The van der Waals surface area contributed by atoms with E-state index in [0.29, 0.717) is 29.6 Å². The summed E-state index contributed by atoms with van der Waals surface area (Å²) >= 11 is 0. The number of benzene rings is 1. The molecule has 3 rings (SSSR count). The molecule has 1 amide bonds. The minimum absolute atomic E-state index is 0.192. The minimum atomic E-state index is -0.447. The molecule has 1 aromatic carbocycles. The number of hydrogen-bond acceptors (Lipinski definition) is 3. The largest absolute Gasteiger partial charge is 0.336 e. The molecule has 0 bridgehead atoms. The highest BCUT2D eigenvalue weighted by molar-refractivity contribution is 6.06. The van der Waals surface area contributed by atoms with Crippen LogP contribution >= 0.6 is 0 Å². The van der Waals surface area contributed by atoms with E-state index < -0.39 is 11.4 Å². The standard InChI is InChI=1S/C16H18FN3O2/c1-9-7-20(8-10(2)18-9)16(22)13-6-15(21)19-14-5-11(17)3-4-12(13)14/h3-6,9-10,18H,7-8H2,1-2H3,(H,19,21)/t9-,10-/m1/s1. The summed E-state index contributed by atoms with van der Waals surface area (Å²) in [6, 6.07) is 5.73. The van der Waals surface area contributed by atoms with Gasteiger partial charge in [-0.05, 0) is 32.0 Å². The number of amides is 1. The highest BCUT2D eigenvalue weighted by atomic mass is 19.1. The molecule has 0 spiro atoms. The number of halogens is 1. The summed E-state index contributed by atoms with van der Waals surface area (Å²) in [5.41, 5.74) is 0.254. The van der Waals surface area contributed by atoms with Crippen LogP contribution in [-0.2, 0) is 0 Å². The molecule has 22 heavy (non-hydrogen) atoms. The maximum atomic E-state index is 13.3. The first-order valence-electron chi connectivity index (χ1n) is 7.32. The molecule has 2 aromatic rings. The van der Waals surface area contributed by atoms with E-state index in [2.05, 4.69) is 10.3 Å². The number of aromatic nitrogens is 1. The second kappa shape index (κ2) is 5.53. The monoisotopic (exact) mass is 303 g/mol. The number of piperazine rings is 1. The van der Waals surface area contributed by atoms with Gasteiger partial charge in [-0.2, -0.15) is 0 Å². The highest BCUT2D eigenvalue weighted by Crippen LogP contribution is 2.19. The van der Waals surface area contributed by atoms with Gasteiger partial charge in [0.05, 0.1) is 11.1 Å². The first-order chi connectivity index (χ1) is 10.4. The predicted molar refractivity (Wildman–Crippen MR) is 82.5 cm³/mol. The molecule has 1 fully saturated rings. The normalized spacial score (nSPS) is 22.0. The van der Waals surface area contributed by atoms with Gasteiger partial charge < -0.3 is 15.2 Å². The molecule has 0 aliphatic carbocycles. The maximum absolute atomic E-state index is 13.3. The van der Waals surface area contributed by atoms with E-state index in [1.807, 2.05) is 13.8 Å². The molecule has 5 nitrogen and oxygen atoms in total. The Bertz CT molecular complexity index is 777. The van der Waals surface area contributed by atoms with Gasteiger partial charge in [-0.15, -0.1) is 0 Å². The molecule has 0 saturated carbocycles. The summed E-state index contributed by atoms with van der Waals surface area (Å²) < 4.78 is 13.3. The van der Waals surface area contributed by atoms with Crippen LogP contribution in [0.2, 0.25) is 0 Å². The number of aromatic amines is 1. The molecular weight excluding hydrogens is 285 g/mol. The van der Waals surface area contributed by atoms with Crippen molar-refractivity contribution in [1.82, 2.24) is 15.2 Å². The number of carbonyl (C=O) groups excluding carboxylic acids is 1. The predicted octanol–water partition coefficient (Wildman–Crippen LogP) is 1.49. The first-order valence-corrected chi connectivity index (χ1v) is 7.32. The summed E-state index contributed by atoms with van der Waals surface area (Å²) in [7, 11) is 0. The Morgan fingerprint density at radius 2 is 1.91 bits per heavy atom. The van der Waals surface area contributed by atoms with Gasteiger partial charge in [0.15, 0.2) is 0 Å². The Morgan fingerprint density at radius 1 is 1.23 bits per heavy atom. The van der Waals surface area contributed by atoms with Crippen LogP contribution < -0.4 is 10.9 Å². The number of hydrogen-bond donors (Lipinski definition) is 2. The molecule has 2 atom stereocenters. The van der Waals surface area contributed by atoms with Crippen molar-refractivity contribution < 1.29 is 9.18 Å². The topological polar surface area (TPSA) is 65.2 Å². The lowest BCUT2D eigenvalue weighted by atomic mass is 10.1. The molecular formula is C16H18FN3O2. The van der Waals surface area contributed by atoms with E-state index in [9.17, 15) is 14.0 Å². The average molecular weight is 303 g/mol. The molecule has 1 aliphatic rings. The van der Waals surface area contributed by atoms with Gasteiger partial charge in [0.25, 0.3) is 5.91 Å². The van der Waals surface area contributed by atoms with Gasteiger partial charge in [-0.3, -0.25) is 9.59 Å². The summed E-state index contributed by atoms with van der Waals surface area (Å²) in [4.78, 5) is 28.9. The van der Waals surface area contributed by atoms with E-state index in [-0.39, 0.29) is 18.0 Å². The fourth-order valence-electron chi connectivity index (χ4n) is 3.07. The average Bonchev–Trinajstić information content (AvgIpc) is 2.44. The van der Waals surface area contributed by atoms with Crippen LogP contribution in [0.3, 0.4) is 0 Å². The maximum Gasteiger partial charge on any atom is 0.254 e. The fourth-order valence-corrected chi connectivity index (χ4v) is 3.07. The third kappa shape index (κ3) is 2.74. The van der Waals surface area contributed by atoms with Crippen LogP contribution in [0.25, 0.3) is 10.9 Å². The summed E-state index contributed by atoms with van der Waals surface area (Å²) in [5.74, 6) is -0.639. The first kappa shape index (κ1) is 14.7. The van der Waals surface area contributed by atoms with Crippen LogP contribution in [0.5, 0.6) is 0 Å². The molecule has 1 saturated heterocycles. The Balaban J connectivity index is 2.05. The lowest BCUT2D eigenvalue weighted by Crippen LogP contribution is -2.55. The third-order valence-corrected chi connectivity index (χ3v) is 3.88. The van der Waals surface area contributed by atoms with E-state index in [4.69, 9.17) is 0 Å². The molecule has 116 valence electrons. The SMILES string of the molecule is C[C@@H]1CN(C(=O)c2cc(=O)[nH]c3cc(F)ccc23)C[C@@H](C)N1. The minimum Gasteiger partial charge on any atom is -0.336 e. The quantitative estimate of drug-likeness (QED) is 0.839. The Morgan fingerprint density at radius 3 is 2.59 bits per heavy atom. The number of carbonyl (C=O) groups is 1. The van der Waals surface area contributed by atoms with Crippen molar-refractivity contribution in [2.24, 2.45) is 0 Å². The number of pyridine rings is 1. The molecule has 0 radical (unpaired) electrons. The lowest BCUT2D eigenvalue weighted by Gasteiger charge is -2.36. The lowest BCUT2D eigenvalue weighted by molar-refractivity contribution is 0.0675. The zero-order valence-electron chi connectivity index (χ0n) is 12.5. The van der Waals surface area contributed by atoms with Crippen molar-refractivity contribution in [1.29, 1.82) is 0 Å². The van der Waals surface area contributed by atoms with E-state index in [1.54, 1.807) is 4.90 Å². The molecule has 6 heteroatoms. The number of nitrogens with zero attached hydrogens (tertiary/aromatic N) is 1. The van der Waals surface area contributed by atoms with Crippen molar-refractivity contribution in [2.75, 3.05) is 13.1 Å². The molecule has 1 aromatic heterocycles. The van der Waals surface area contributed by atoms with Crippen molar-refractivity contribution >= 4 is 16.8 Å².